The van der Waals surface area contributed by atoms with Crippen molar-refractivity contribution in [3.63, 3.8) is 0 Å². The number of likely N-dealkylation sites (N-methyl/N-ethyl adjacent to an activating group) is 1. The predicted octanol–water partition coefficient (Wildman–Crippen LogP) is 3.16. The van der Waals surface area contributed by atoms with Gasteiger partial charge in [-0.3, -0.25) is 9.69 Å². The van der Waals surface area contributed by atoms with E-state index in [0.717, 1.165) is 102 Å². The van der Waals surface area contributed by atoms with Crippen molar-refractivity contribution >= 4 is 11.9 Å². The van der Waals surface area contributed by atoms with Crippen LogP contribution in [0.4, 0.5) is 5.95 Å². The van der Waals surface area contributed by atoms with Crippen molar-refractivity contribution in [3.05, 3.63) is 47.8 Å². The van der Waals surface area contributed by atoms with Crippen molar-refractivity contribution in [2.45, 2.75) is 45.1 Å². The Labute approximate surface area is 214 Å². The number of likely N-dealkylation sites (tertiary alicyclic amines) is 1. The Morgan fingerprint density at radius 3 is 2.44 bits per heavy atom. The van der Waals surface area contributed by atoms with Gasteiger partial charge < -0.3 is 19.3 Å². The van der Waals surface area contributed by atoms with E-state index < -0.39 is 0 Å². The second-order valence-electron chi connectivity index (χ2n) is 10.4. The molecule has 8 nitrogen and oxygen atoms in total. The first-order chi connectivity index (χ1) is 17.6. The fourth-order valence-electron chi connectivity index (χ4n) is 5.75. The summed E-state index contributed by atoms with van der Waals surface area (Å²) in [5.41, 5.74) is 2.14. The van der Waals surface area contributed by atoms with Gasteiger partial charge in [0.2, 0.25) is 11.9 Å². The molecule has 0 aliphatic carbocycles. The molecule has 2 fully saturated rings. The van der Waals surface area contributed by atoms with Gasteiger partial charge in [-0.1, -0.05) is 24.6 Å². The summed E-state index contributed by atoms with van der Waals surface area (Å²) < 4.78 is 11.5. The number of anilines is 1. The molecule has 0 unspecified atom stereocenters. The van der Waals surface area contributed by atoms with E-state index in [4.69, 9.17) is 9.47 Å². The number of nitrogens with zero attached hydrogens (tertiary/aromatic N) is 5. The molecular formula is C28H39N5O3. The van der Waals surface area contributed by atoms with E-state index in [1.54, 1.807) is 0 Å². The van der Waals surface area contributed by atoms with Crippen molar-refractivity contribution in [1.82, 2.24) is 19.8 Å². The summed E-state index contributed by atoms with van der Waals surface area (Å²) in [6.45, 7) is 6.96. The second kappa shape index (κ2) is 11.6. The molecule has 0 atom stereocenters. The van der Waals surface area contributed by atoms with Gasteiger partial charge in [0, 0.05) is 44.6 Å². The van der Waals surface area contributed by atoms with E-state index >= 15 is 0 Å². The normalized spacial score (nSPS) is 21.9. The zero-order chi connectivity index (χ0) is 24.8. The summed E-state index contributed by atoms with van der Waals surface area (Å²) in [6.07, 6.45) is 9.82. The van der Waals surface area contributed by atoms with Gasteiger partial charge in [-0.05, 0) is 56.8 Å². The highest BCUT2D eigenvalue weighted by Gasteiger charge is 2.42. The first-order valence-electron chi connectivity index (χ1n) is 13.5. The number of piperidine rings is 1. The lowest BCUT2D eigenvalue weighted by atomic mass is 9.73. The summed E-state index contributed by atoms with van der Waals surface area (Å²) in [5, 5.41) is 0. The van der Waals surface area contributed by atoms with Gasteiger partial charge >= 0.3 is 0 Å². The molecule has 0 bridgehead atoms. The first kappa shape index (κ1) is 25.0. The van der Waals surface area contributed by atoms with E-state index in [1.165, 1.54) is 5.56 Å². The molecule has 5 rings (SSSR count). The molecule has 1 aromatic heterocycles. The van der Waals surface area contributed by atoms with Crippen LogP contribution in [0.25, 0.3) is 0 Å². The fourth-order valence-corrected chi connectivity index (χ4v) is 5.75. The Morgan fingerprint density at radius 2 is 1.67 bits per heavy atom. The van der Waals surface area contributed by atoms with Crippen molar-refractivity contribution in [1.29, 1.82) is 0 Å². The van der Waals surface area contributed by atoms with Crippen LogP contribution in [0.1, 0.15) is 43.2 Å². The van der Waals surface area contributed by atoms with Crippen LogP contribution < -0.4 is 9.64 Å². The number of morpholine rings is 1. The second-order valence-corrected chi connectivity index (χ2v) is 10.4. The number of amides is 1. The number of carbonyl (C=O) groups excluding carboxylic acids is 1. The highest BCUT2D eigenvalue weighted by Crippen LogP contribution is 2.39. The lowest BCUT2D eigenvalue weighted by molar-refractivity contribution is -0.145. The Bertz CT molecular complexity index is 1000. The number of carbonyl (C=O) groups is 1. The van der Waals surface area contributed by atoms with Crippen LogP contribution in [0.15, 0.2) is 36.7 Å². The molecule has 3 aliphatic heterocycles. The van der Waals surface area contributed by atoms with Crippen LogP contribution in [-0.2, 0) is 22.5 Å². The van der Waals surface area contributed by atoms with Crippen LogP contribution in [0.2, 0.25) is 0 Å². The van der Waals surface area contributed by atoms with Gasteiger partial charge in [0.25, 0.3) is 0 Å². The quantitative estimate of drug-likeness (QED) is 0.651. The Balaban J connectivity index is 1.19. The van der Waals surface area contributed by atoms with E-state index in [-0.39, 0.29) is 11.3 Å². The smallest absolute Gasteiger partial charge is 0.228 e. The fraction of sp³-hybridized carbons (Fsp3) is 0.607. The predicted molar refractivity (Wildman–Crippen MR) is 139 cm³/mol. The molecule has 194 valence electrons. The van der Waals surface area contributed by atoms with Gasteiger partial charge in [0.05, 0.1) is 25.2 Å². The van der Waals surface area contributed by atoms with Crippen molar-refractivity contribution in [2.24, 2.45) is 5.41 Å². The molecule has 1 aromatic carbocycles. The summed E-state index contributed by atoms with van der Waals surface area (Å²) in [6, 6.07) is 8.32. The Kier molecular flexibility index (Phi) is 8.02. The van der Waals surface area contributed by atoms with E-state index in [1.807, 2.05) is 36.5 Å². The number of ether oxygens (including phenoxy) is 2. The van der Waals surface area contributed by atoms with Gasteiger partial charge in [0.15, 0.2) is 0 Å². The maximum absolute atomic E-state index is 13.7. The number of fused-ring (bicyclic) bond motifs is 1. The zero-order valence-electron chi connectivity index (χ0n) is 21.5. The topological polar surface area (TPSA) is 71.0 Å². The molecular weight excluding hydrogens is 454 g/mol. The maximum Gasteiger partial charge on any atom is 0.228 e. The molecule has 2 saturated heterocycles. The number of hydrogen-bond donors (Lipinski definition) is 0. The standard InChI is InChI=1S/C28H39N5O3/c1-31-14-19-36-25-8-3-2-6-24(25)7-4-5-9-28(26(31)34)10-12-32(13-11-28)22-23-20-29-27(30-21-23)33-15-17-35-18-16-33/h2-3,6,8,20-21H,4-5,7,9-19,22H2,1H3. The zero-order valence-corrected chi connectivity index (χ0v) is 21.5. The number of hydrogen-bond acceptors (Lipinski definition) is 7. The maximum atomic E-state index is 13.7. The monoisotopic (exact) mass is 493 g/mol. The van der Waals surface area contributed by atoms with Crippen LogP contribution in [0, 0.1) is 5.41 Å². The number of aryl methyl sites for hydroxylation is 1. The third-order valence-electron chi connectivity index (χ3n) is 8.01. The molecule has 36 heavy (non-hydrogen) atoms. The van der Waals surface area contributed by atoms with E-state index in [0.29, 0.717) is 13.2 Å². The number of aromatic nitrogens is 2. The van der Waals surface area contributed by atoms with Crippen molar-refractivity contribution in [3.8, 4) is 5.75 Å². The van der Waals surface area contributed by atoms with Crippen molar-refractivity contribution < 1.29 is 14.3 Å². The Hall–Kier alpha value is -2.71. The summed E-state index contributed by atoms with van der Waals surface area (Å²) in [4.78, 5) is 29.4. The molecule has 3 aliphatic rings. The largest absolute Gasteiger partial charge is 0.491 e. The lowest BCUT2D eigenvalue weighted by Gasteiger charge is -2.43. The third kappa shape index (κ3) is 5.81. The molecule has 1 amide bonds. The minimum atomic E-state index is -0.263. The minimum Gasteiger partial charge on any atom is -0.491 e. The van der Waals surface area contributed by atoms with Gasteiger partial charge in [-0.2, -0.15) is 0 Å². The minimum absolute atomic E-state index is 0.263. The van der Waals surface area contributed by atoms with E-state index in [9.17, 15) is 4.79 Å². The third-order valence-corrected chi connectivity index (χ3v) is 8.01. The van der Waals surface area contributed by atoms with Gasteiger partial charge in [-0.15, -0.1) is 0 Å². The molecule has 0 radical (unpaired) electrons. The van der Waals surface area contributed by atoms with Gasteiger partial charge in [0.1, 0.15) is 12.4 Å². The first-order valence-corrected chi connectivity index (χ1v) is 13.5. The molecule has 4 heterocycles. The van der Waals surface area contributed by atoms with Crippen LogP contribution in [-0.4, -0.2) is 85.3 Å². The SMILES string of the molecule is CN1CCOc2ccccc2CCCCC2(CCN(Cc3cnc(N4CCOCC4)nc3)CC2)C1=O. The van der Waals surface area contributed by atoms with Crippen LogP contribution in [0.3, 0.4) is 0 Å². The molecule has 0 N–H and O–H groups in total. The molecule has 2 aromatic rings. The highest BCUT2D eigenvalue weighted by atomic mass is 16.5. The summed E-state index contributed by atoms with van der Waals surface area (Å²) in [7, 11) is 1.94. The summed E-state index contributed by atoms with van der Waals surface area (Å²) in [5.74, 6) is 2.04. The number of para-hydroxylation sites is 1. The average molecular weight is 494 g/mol. The van der Waals surface area contributed by atoms with Crippen LogP contribution in [0.5, 0.6) is 5.75 Å². The molecule has 8 heteroatoms. The summed E-state index contributed by atoms with van der Waals surface area (Å²) >= 11 is 0. The lowest BCUT2D eigenvalue weighted by Crippen LogP contribution is -2.50. The van der Waals surface area contributed by atoms with Gasteiger partial charge in [-0.25, -0.2) is 9.97 Å². The number of rotatable bonds is 3. The highest BCUT2D eigenvalue weighted by molar-refractivity contribution is 5.82. The average Bonchev–Trinajstić information content (AvgIpc) is 2.93. The van der Waals surface area contributed by atoms with E-state index in [2.05, 4.69) is 31.9 Å². The molecule has 0 saturated carbocycles. The Morgan fingerprint density at radius 1 is 0.917 bits per heavy atom. The molecule has 1 spiro atoms. The van der Waals surface area contributed by atoms with Crippen LogP contribution >= 0.6 is 0 Å². The number of benzene rings is 1. The van der Waals surface area contributed by atoms with Crippen molar-refractivity contribution in [2.75, 3.05) is 64.5 Å².